The number of allylic oxidation sites excluding steroid dienone is 2. The summed E-state index contributed by atoms with van der Waals surface area (Å²) in [5.74, 6) is 2.44. The Labute approximate surface area is 90.5 Å². The van der Waals surface area contributed by atoms with E-state index in [2.05, 4.69) is 12.5 Å². The number of aliphatic hydroxyl groups is 1. The van der Waals surface area contributed by atoms with E-state index in [0.29, 0.717) is 0 Å². The van der Waals surface area contributed by atoms with E-state index in [1.54, 1.807) is 0 Å². The van der Waals surface area contributed by atoms with Crippen LogP contribution in [-0.4, -0.2) is 16.1 Å². The Bertz CT molecular complexity index is 324. The SMILES string of the molecule is C#CC1(O)C(C)=CCC(C(=C)C)C1Cl. The second-order valence-electron chi connectivity index (χ2n) is 3.89. The highest BCUT2D eigenvalue weighted by molar-refractivity contribution is 6.22. The van der Waals surface area contributed by atoms with Gasteiger partial charge in [0, 0.05) is 5.92 Å². The van der Waals surface area contributed by atoms with Gasteiger partial charge in [0.15, 0.2) is 5.60 Å². The number of hydrogen-bond donors (Lipinski definition) is 1. The fourth-order valence-corrected chi connectivity index (χ4v) is 2.28. The summed E-state index contributed by atoms with van der Waals surface area (Å²) in [5.41, 5.74) is 0.406. The molecular weight excluding hydrogens is 196 g/mol. The number of alkyl halides is 1. The number of terminal acetylenes is 1. The molecule has 0 saturated heterocycles. The van der Waals surface area contributed by atoms with E-state index in [9.17, 15) is 5.11 Å². The molecule has 1 rings (SSSR count). The summed E-state index contributed by atoms with van der Waals surface area (Å²) in [4.78, 5) is 0. The summed E-state index contributed by atoms with van der Waals surface area (Å²) in [6.07, 6.45) is 8.07. The van der Waals surface area contributed by atoms with Gasteiger partial charge in [-0.25, -0.2) is 0 Å². The first-order valence-electron chi connectivity index (χ1n) is 4.60. The van der Waals surface area contributed by atoms with Crippen molar-refractivity contribution in [1.82, 2.24) is 0 Å². The van der Waals surface area contributed by atoms with Crippen molar-refractivity contribution in [3.05, 3.63) is 23.8 Å². The largest absolute Gasteiger partial charge is 0.372 e. The molecular formula is C12H15ClO. The Kier molecular flexibility index (Phi) is 3.09. The van der Waals surface area contributed by atoms with E-state index in [4.69, 9.17) is 18.0 Å². The van der Waals surface area contributed by atoms with Crippen molar-refractivity contribution in [3.63, 3.8) is 0 Å². The van der Waals surface area contributed by atoms with Crippen LogP contribution in [0.3, 0.4) is 0 Å². The fourth-order valence-electron chi connectivity index (χ4n) is 1.73. The van der Waals surface area contributed by atoms with Crippen LogP contribution in [0.25, 0.3) is 0 Å². The minimum absolute atomic E-state index is 0.0569. The van der Waals surface area contributed by atoms with Crippen molar-refractivity contribution >= 4 is 11.6 Å². The maximum absolute atomic E-state index is 10.2. The first kappa shape index (κ1) is 11.4. The summed E-state index contributed by atoms with van der Waals surface area (Å²) in [5, 5.41) is 9.68. The average Bonchev–Trinajstić information content (AvgIpc) is 2.14. The second kappa shape index (κ2) is 3.81. The Morgan fingerprint density at radius 3 is 2.86 bits per heavy atom. The Morgan fingerprint density at radius 2 is 2.43 bits per heavy atom. The van der Waals surface area contributed by atoms with Crippen LogP contribution in [0.4, 0.5) is 0 Å². The zero-order chi connectivity index (χ0) is 10.9. The van der Waals surface area contributed by atoms with Crippen molar-refractivity contribution in [3.8, 4) is 12.3 Å². The molecule has 14 heavy (non-hydrogen) atoms. The third-order valence-electron chi connectivity index (χ3n) is 2.88. The molecule has 0 fully saturated rings. The van der Waals surface area contributed by atoms with E-state index in [-0.39, 0.29) is 5.92 Å². The topological polar surface area (TPSA) is 20.2 Å². The highest BCUT2D eigenvalue weighted by Crippen LogP contribution is 2.39. The van der Waals surface area contributed by atoms with Crippen LogP contribution in [0.1, 0.15) is 20.3 Å². The minimum Gasteiger partial charge on any atom is -0.372 e. The standard InChI is InChI=1S/C12H15ClO/c1-5-12(14)9(4)6-7-10(8(2)3)11(12)13/h1,6,10-11,14H,2,7H2,3-4H3. The first-order valence-corrected chi connectivity index (χ1v) is 5.04. The predicted octanol–water partition coefficient (Wildman–Crippen LogP) is 2.50. The monoisotopic (exact) mass is 210 g/mol. The molecule has 0 spiro atoms. The summed E-state index contributed by atoms with van der Waals surface area (Å²) in [7, 11) is 0. The molecule has 0 radical (unpaired) electrons. The third-order valence-corrected chi connectivity index (χ3v) is 3.50. The second-order valence-corrected chi connectivity index (χ2v) is 4.36. The Morgan fingerprint density at radius 1 is 1.86 bits per heavy atom. The minimum atomic E-state index is -1.32. The Hall–Kier alpha value is -0.710. The normalized spacial score (nSPS) is 37.2. The molecule has 0 aromatic rings. The van der Waals surface area contributed by atoms with Gasteiger partial charge in [-0.1, -0.05) is 24.1 Å². The van der Waals surface area contributed by atoms with Crippen molar-refractivity contribution < 1.29 is 5.11 Å². The van der Waals surface area contributed by atoms with Crippen LogP contribution in [0.2, 0.25) is 0 Å². The van der Waals surface area contributed by atoms with Gasteiger partial charge in [-0.15, -0.1) is 18.0 Å². The highest BCUT2D eigenvalue weighted by atomic mass is 35.5. The van der Waals surface area contributed by atoms with Crippen LogP contribution in [-0.2, 0) is 0 Å². The van der Waals surface area contributed by atoms with Gasteiger partial charge >= 0.3 is 0 Å². The van der Waals surface area contributed by atoms with Crippen LogP contribution < -0.4 is 0 Å². The molecule has 1 nitrogen and oxygen atoms in total. The van der Waals surface area contributed by atoms with Gasteiger partial charge in [0.2, 0.25) is 0 Å². The van der Waals surface area contributed by atoms with E-state index >= 15 is 0 Å². The van der Waals surface area contributed by atoms with Gasteiger partial charge in [-0.05, 0) is 25.8 Å². The predicted molar refractivity (Wildman–Crippen MR) is 60.1 cm³/mol. The van der Waals surface area contributed by atoms with Crippen molar-refractivity contribution in [2.45, 2.75) is 31.2 Å². The van der Waals surface area contributed by atoms with Crippen molar-refractivity contribution in [2.75, 3.05) is 0 Å². The molecule has 1 aliphatic rings. The molecule has 3 unspecified atom stereocenters. The zero-order valence-corrected chi connectivity index (χ0v) is 9.30. The van der Waals surface area contributed by atoms with Gasteiger partial charge in [0.1, 0.15) is 0 Å². The molecule has 0 amide bonds. The maximum Gasteiger partial charge on any atom is 0.163 e. The molecule has 0 saturated carbocycles. The van der Waals surface area contributed by atoms with E-state index in [1.807, 2.05) is 19.9 Å². The van der Waals surface area contributed by atoms with Crippen LogP contribution >= 0.6 is 11.6 Å². The molecule has 2 heteroatoms. The fraction of sp³-hybridized carbons (Fsp3) is 0.500. The quantitative estimate of drug-likeness (QED) is 0.401. The molecule has 0 aromatic carbocycles. The maximum atomic E-state index is 10.2. The lowest BCUT2D eigenvalue weighted by molar-refractivity contribution is 0.112. The van der Waals surface area contributed by atoms with Gasteiger partial charge in [-0.3, -0.25) is 0 Å². The van der Waals surface area contributed by atoms with E-state index in [1.165, 1.54) is 0 Å². The average molecular weight is 211 g/mol. The third kappa shape index (κ3) is 1.61. The zero-order valence-electron chi connectivity index (χ0n) is 8.55. The Balaban J connectivity index is 3.10. The highest BCUT2D eigenvalue weighted by Gasteiger charge is 2.43. The summed E-state index contributed by atoms with van der Waals surface area (Å²) in [6.45, 7) is 7.58. The number of halogens is 1. The molecule has 1 aliphatic carbocycles. The molecule has 0 heterocycles. The lowest BCUT2D eigenvalue weighted by Crippen LogP contribution is -2.45. The number of hydrogen-bond acceptors (Lipinski definition) is 1. The van der Waals surface area contributed by atoms with Gasteiger partial charge in [0.05, 0.1) is 5.38 Å². The molecule has 76 valence electrons. The molecule has 0 aromatic heterocycles. The molecule has 0 aliphatic heterocycles. The lowest BCUT2D eigenvalue weighted by Gasteiger charge is -2.37. The smallest absolute Gasteiger partial charge is 0.163 e. The van der Waals surface area contributed by atoms with Crippen LogP contribution in [0.15, 0.2) is 23.8 Å². The van der Waals surface area contributed by atoms with Crippen molar-refractivity contribution in [1.29, 1.82) is 0 Å². The lowest BCUT2D eigenvalue weighted by atomic mass is 9.76. The summed E-state index contributed by atoms with van der Waals surface area (Å²) >= 11 is 6.19. The van der Waals surface area contributed by atoms with E-state index < -0.39 is 11.0 Å². The van der Waals surface area contributed by atoms with Gasteiger partial charge in [0.25, 0.3) is 0 Å². The number of rotatable bonds is 1. The van der Waals surface area contributed by atoms with Crippen molar-refractivity contribution in [2.24, 2.45) is 5.92 Å². The van der Waals surface area contributed by atoms with Gasteiger partial charge < -0.3 is 5.11 Å². The summed E-state index contributed by atoms with van der Waals surface area (Å²) in [6, 6.07) is 0. The van der Waals surface area contributed by atoms with Crippen LogP contribution in [0.5, 0.6) is 0 Å². The molecule has 1 N–H and O–H groups in total. The molecule has 0 bridgehead atoms. The van der Waals surface area contributed by atoms with E-state index in [0.717, 1.165) is 17.6 Å². The van der Waals surface area contributed by atoms with Crippen LogP contribution in [0, 0.1) is 18.3 Å². The first-order chi connectivity index (χ1) is 6.43. The van der Waals surface area contributed by atoms with Gasteiger partial charge in [-0.2, -0.15) is 0 Å². The summed E-state index contributed by atoms with van der Waals surface area (Å²) < 4.78 is 0. The molecule has 3 atom stereocenters.